The minimum Gasteiger partial charge on any atom is -0.376 e. The number of rotatable bonds is 3. The van der Waals surface area contributed by atoms with E-state index in [2.05, 4.69) is 5.32 Å². The Morgan fingerprint density at radius 1 is 1.32 bits per heavy atom. The summed E-state index contributed by atoms with van der Waals surface area (Å²) in [6, 6.07) is -2.27. The van der Waals surface area contributed by atoms with Gasteiger partial charge in [-0.3, -0.25) is 9.69 Å². The van der Waals surface area contributed by atoms with E-state index in [0.29, 0.717) is 13.0 Å². The predicted octanol–water partition coefficient (Wildman–Crippen LogP) is 1.43. The van der Waals surface area contributed by atoms with Crippen LogP contribution in [0.15, 0.2) is 0 Å². The SMILES string of the molecule is O=C1NC(CC(F)(F)F)C(=O)N1CC1CCCCO1. The number of hydrogen-bond acceptors (Lipinski definition) is 3. The summed E-state index contributed by atoms with van der Waals surface area (Å²) in [5, 5.41) is 2.06. The summed E-state index contributed by atoms with van der Waals surface area (Å²) in [4.78, 5) is 24.1. The van der Waals surface area contributed by atoms with Crippen LogP contribution in [0.3, 0.4) is 0 Å². The Labute approximate surface area is 108 Å². The Hall–Kier alpha value is -1.31. The highest BCUT2D eigenvalue weighted by atomic mass is 19.4. The number of alkyl halides is 3. The molecule has 0 aromatic heterocycles. The lowest BCUT2D eigenvalue weighted by atomic mass is 10.1. The number of urea groups is 1. The molecule has 2 unspecified atom stereocenters. The van der Waals surface area contributed by atoms with Crippen molar-refractivity contribution in [3.63, 3.8) is 0 Å². The maximum atomic E-state index is 12.2. The second-order valence-electron chi connectivity index (χ2n) is 4.76. The smallest absolute Gasteiger partial charge is 0.376 e. The van der Waals surface area contributed by atoms with E-state index in [4.69, 9.17) is 4.74 Å². The van der Waals surface area contributed by atoms with E-state index < -0.39 is 30.6 Å². The third-order valence-electron chi connectivity index (χ3n) is 3.20. The van der Waals surface area contributed by atoms with Crippen molar-refractivity contribution in [3.8, 4) is 0 Å². The molecule has 19 heavy (non-hydrogen) atoms. The van der Waals surface area contributed by atoms with Crippen LogP contribution < -0.4 is 5.32 Å². The van der Waals surface area contributed by atoms with Gasteiger partial charge in [-0.1, -0.05) is 0 Å². The first-order valence-corrected chi connectivity index (χ1v) is 6.17. The van der Waals surface area contributed by atoms with Gasteiger partial charge < -0.3 is 10.1 Å². The van der Waals surface area contributed by atoms with Crippen LogP contribution in [-0.2, 0) is 9.53 Å². The molecule has 2 aliphatic rings. The van der Waals surface area contributed by atoms with Gasteiger partial charge in [0.25, 0.3) is 5.91 Å². The minimum absolute atomic E-state index is 0.0268. The minimum atomic E-state index is -4.48. The van der Waals surface area contributed by atoms with Crippen molar-refractivity contribution in [1.29, 1.82) is 0 Å². The summed E-state index contributed by atoms with van der Waals surface area (Å²) in [5.74, 6) is -0.823. The van der Waals surface area contributed by atoms with Crippen LogP contribution in [0.5, 0.6) is 0 Å². The predicted molar refractivity (Wildman–Crippen MR) is 58.3 cm³/mol. The number of amides is 3. The number of nitrogens with zero attached hydrogens (tertiary/aromatic N) is 1. The number of hydrogen-bond donors (Lipinski definition) is 1. The second kappa shape index (κ2) is 5.36. The van der Waals surface area contributed by atoms with Crippen molar-refractivity contribution in [1.82, 2.24) is 10.2 Å². The van der Waals surface area contributed by atoms with E-state index in [9.17, 15) is 22.8 Å². The van der Waals surface area contributed by atoms with E-state index in [0.717, 1.165) is 17.7 Å². The molecule has 5 nitrogen and oxygen atoms in total. The Morgan fingerprint density at radius 3 is 2.63 bits per heavy atom. The molecule has 3 amide bonds. The van der Waals surface area contributed by atoms with Gasteiger partial charge in [0.05, 0.1) is 19.1 Å². The molecule has 0 aliphatic carbocycles. The zero-order chi connectivity index (χ0) is 14.0. The molecule has 0 bridgehead atoms. The Bertz CT molecular complexity index is 367. The third-order valence-corrected chi connectivity index (χ3v) is 3.20. The molecular weight excluding hydrogens is 265 g/mol. The molecule has 8 heteroatoms. The van der Waals surface area contributed by atoms with E-state index in [-0.39, 0.29) is 12.6 Å². The molecule has 0 aromatic carbocycles. The van der Waals surface area contributed by atoms with Crippen LogP contribution in [0.2, 0.25) is 0 Å². The molecule has 0 spiro atoms. The van der Waals surface area contributed by atoms with E-state index in [1.165, 1.54) is 0 Å². The first-order chi connectivity index (χ1) is 8.87. The normalized spacial score (nSPS) is 28.7. The Morgan fingerprint density at radius 2 is 2.05 bits per heavy atom. The standard InChI is InChI=1S/C11H15F3N2O3/c12-11(13,14)5-8-9(17)16(10(18)15-8)6-7-3-1-2-4-19-7/h7-8H,1-6H2,(H,15,18). The van der Waals surface area contributed by atoms with Crippen molar-refractivity contribution >= 4 is 11.9 Å². The largest absolute Gasteiger partial charge is 0.391 e. The number of nitrogens with one attached hydrogen (secondary N) is 1. The lowest BCUT2D eigenvalue weighted by Crippen LogP contribution is -2.40. The summed E-state index contributed by atoms with van der Waals surface area (Å²) in [6.07, 6.45) is -3.52. The quantitative estimate of drug-likeness (QED) is 0.796. The van der Waals surface area contributed by atoms with Crippen LogP contribution in [0, 0.1) is 0 Å². The molecule has 2 atom stereocenters. The van der Waals surface area contributed by atoms with E-state index >= 15 is 0 Å². The highest BCUT2D eigenvalue weighted by molar-refractivity contribution is 6.04. The fourth-order valence-corrected chi connectivity index (χ4v) is 2.27. The van der Waals surface area contributed by atoms with Crippen LogP contribution in [-0.4, -0.2) is 48.3 Å². The lowest BCUT2D eigenvalue weighted by molar-refractivity contribution is -0.149. The fraction of sp³-hybridized carbons (Fsp3) is 0.818. The van der Waals surface area contributed by atoms with Gasteiger partial charge in [-0.05, 0) is 19.3 Å². The first kappa shape index (κ1) is 14.1. The van der Waals surface area contributed by atoms with Gasteiger partial charge in [0.2, 0.25) is 0 Å². The molecule has 1 N–H and O–H groups in total. The lowest BCUT2D eigenvalue weighted by Gasteiger charge is -2.25. The molecule has 108 valence electrons. The average Bonchev–Trinajstić information content (AvgIpc) is 2.56. The van der Waals surface area contributed by atoms with Gasteiger partial charge in [-0.2, -0.15) is 13.2 Å². The number of ether oxygens (including phenoxy) is 1. The van der Waals surface area contributed by atoms with Crippen LogP contribution in [0.1, 0.15) is 25.7 Å². The zero-order valence-corrected chi connectivity index (χ0v) is 10.2. The van der Waals surface area contributed by atoms with Crippen LogP contribution in [0.25, 0.3) is 0 Å². The fourth-order valence-electron chi connectivity index (χ4n) is 2.27. The summed E-state index contributed by atoms with van der Waals surface area (Å²) < 4.78 is 42.1. The van der Waals surface area contributed by atoms with Crippen LogP contribution >= 0.6 is 0 Å². The molecule has 2 rings (SSSR count). The summed E-state index contributed by atoms with van der Waals surface area (Å²) in [5.41, 5.74) is 0. The van der Waals surface area contributed by atoms with Gasteiger partial charge in [0.1, 0.15) is 6.04 Å². The van der Waals surface area contributed by atoms with Crippen molar-refractivity contribution in [2.75, 3.05) is 13.2 Å². The summed E-state index contributed by atoms with van der Waals surface area (Å²) in [6.45, 7) is 0.583. The van der Waals surface area contributed by atoms with Crippen molar-refractivity contribution in [3.05, 3.63) is 0 Å². The molecule has 2 saturated heterocycles. The Kier molecular flexibility index (Phi) is 3.98. The number of carbonyl (C=O) groups excluding carboxylic acids is 2. The molecule has 0 radical (unpaired) electrons. The topological polar surface area (TPSA) is 58.6 Å². The third kappa shape index (κ3) is 3.59. The summed E-state index contributed by atoms with van der Waals surface area (Å²) >= 11 is 0. The van der Waals surface area contributed by atoms with Crippen LogP contribution in [0.4, 0.5) is 18.0 Å². The number of imide groups is 1. The molecule has 2 heterocycles. The average molecular weight is 280 g/mol. The van der Waals surface area contributed by atoms with Gasteiger partial charge in [0, 0.05) is 6.61 Å². The van der Waals surface area contributed by atoms with E-state index in [1.807, 2.05) is 0 Å². The van der Waals surface area contributed by atoms with Crippen molar-refractivity contribution in [2.24, 2.45) is 0 Å². The van der Waals surface area contributed by atoms with Crippen molar-refractivity contribution in [2.45, 2.75) is 44.0 Å². The maximum Gasteiger partial charge on any atom is 0.391 e. The number of halogens is 3. The number of carbonyl (C=O) groups is 2. The Balaban J connectivity index is 1.94. The van der Waals surface area contributed by atoms with Crippen molar-refractivity contribution < 1.29 is 27.5 Å². The monoisotopic (exact) mass is 280 g/mol. The molecule has 0 aromatic rings. The maximum absolute atomic E-state index is 12.2. The van der Waals surface area contributed by atoms with E-state index in [1.54, 1.807) is 0 Å². The highest BCUT2D eigenvalue weighted by Crippen LogP contribution is 2.25. The second-order valence-corrected chi connectivity index (χ2v) is 4.76. The van der Waals surface area contributed by atoms with Gasteiger partial charge in [-0.15, -0.1) is 0 Å². The first-order valence-electron chi connectivity index (χ1n) is 6.17. The van der Waals surface area contributed by atoms with Gasteiger partial charge >= 0.3 is 12.2 Å². The molecule has 0 saturated carbocycles. The molecule has 2 aliphatic heterocycles. The van der Waals surface area contributed by atoms with Gasteiger partial charge in [0.15, 0.2) is 0 Å². The molecular formula is C11H15F3N2O3. The zero-order valence-electron chi connectivity index (χ0n) is 10.2. The summed E-state index contributed by atoms with van der Waals surface area (Å²) in [7, 11) is 0. The highest BCUT2D eigenvalue weighted by Gasteiger charge is 2.45. The van der Waals surface area contributed by atoms with Gasteiger partial charge in [-0.25, -0.2) is 4.79 Å². The molecule has 2 fully saturated rings.